The Morgan fingerprint density at radius 2 is 1.29 bits per heavy atom. The Morgan fingerprint density at radius 1 is 0.756 bits per heavy atom. The number of carbonyl (C=O) groups is 3. The van der Waals surface area contributed by atoms with Crippen LogP contribution in [0.2, 0.25) is 0 Å². The molecule has 0 saturated carbocycles. The number of aliphatic hydroxyl groups is 1. The predicted octanol–water partition coefficient (Wildman–Crippen LogP) is 5.82. The van der Waals surface area contributed by atoms with Gasteiger partial charge in [-0.2, -0.15) is 0 Å². The van der Waals surface area contributed by atoms with E-state index in [2.05, 4.69) is 35.8 Å². The third kappa shape index (κ3) is 25.6. The number of ether oxygens (including phenoxy) is 1. The van der Waals surface area contributed by atoms with Crippen LogP contribution in [0.5, 0.6) is 0 Å². The van der Waals surface area contributed by atoms with Gasteiger partial charge in [0.1, 0.15) is 12.7 Å². The summed E-state index contributed by atoms with van der Waals surface area (Å²) in [6.07, 6.45) is 18.8. The second kappa shape index (κ2) is 25.9. The first-order chi connectivity index (χ1) is 19.6. The minimum Gasteiger partial charge on any atom is -0.480 e. The topological polar surface area (TPSA) is 169 Å². The molecule has 0 spiro atoms. The van der Waals surface area contributed by atoms with Crippen LogP contribution in [0.3, 0.4) is 0 Å². The van der Waals surface area contributed by atoms with Gasteiger partial charge in [-0.3, -0.25) is 18.6 Å². The van der Waals surface area contributed by atoms with Crippen LogP contribution in [0, 0.1) is 0 Å². The Hall–Kier alpha value is -1.78. The van der Waals surface area contributed by atoms with Crippen molar-refractivity contribution >= 4 is 25.7 Å². The van der Waals surface area contributed by atoms with E-state index < -0.39 is 57.6 Å². The molecule has 0 heterocycles. The largest absolute Gasteiger partial charge is 0.480 e. The molecule has 240 valence electrons. The van der Waals surface area contributed by atoms with Gasteiger partial charge in [-0.1, -0.05) is 90.2 Å². The molecule has 0 aromatic heterocycles. The minimum atomic E-state index is -4.73. The van der Waals surface area contributed by atoms with Gasteiger partial charge in [0.2, 0.25) is 5.91 Å². The predicted molar refractivity (Wildman–Crippen MR) is 157 cm³/mol. The molecule has 1 amide bonds. The lowest BCUT2D eigenvalue weighted by atomic mass is 10.1. The van der Waals surface area contributed by atoms with Crippen molar-refractivity contribution in [2.24, 2.45) is 0 Å². The number of carbonyl (C=O) groups excluding carboxylic acids is 2. The first-order valence-electron chi connectivity index (χ1n) is 15.2. The standard InChI is InChI=1S/C29H54NO10P/c1-3-5-7-9-11-12-13-14-15-17-19-21-28(33)38-22-25(31)23-39-41(36,37)40-24-26(29(34)35)30-27(32)20-18-16-10-8-6-4-2/h9,11,25-26,31H,3-8,10,12-24H2,1-2H3,(H,30,32)(H,34,35)(H,36,37)/b11-9-. The highest BCUT2D eigenvalue weighted by molar-refractivity contribution is 7.47. The van der Waals surface area contributed by atoms with Crippen LogP contribution < -0.4 is 5.32 Å². The summed E-state index contributed by atoms with van der Waals surface area (Å²) >= 11 is 0. The van der Waals surface area contributed by atoms with E-state index in [1.54, 1.807) is 0 Å². The number of hydrogen-bond donors (Lipinski definition) is 4. The van der Waals surface area contributed by atoms with Crippen LogP contribution in [-0.2, 0) is 32.7 Å². The smallest absolute Gasteiger partial charge is 0.472 e. The van der Waals surface area contributed by atoms with Crippen molar-refractivity contribution in [1.82, 2.24) is 5.32 Å². The van der Waals surface area contributed by atoms with Gasteiger partial charge in [0.25, 0.3) is 0 Å². The number of carboxylic acids is 1. The molecule has 3 unspecified atom stereocenters. The SMILES string of the molecule is CCCC/C=C\CCCCCCCC(=O)OCC(O)COP(=O)(O)OCC(NC(=O)CCCCCCCC)C(=O)O. The molecule has 0 aliphatic carbocycles. The van der Waals surface area contributed by atoms with Gasteiger partial charge in [0.05, 0.1) is 13.2 Å². The van der Waals surface area contributed by atoms with Crippen molar-refractivity contribution in [2.45, 2.75) is 135 Å². The summed E-state index contributed by atoms with van der Waals surface area (Å²) in [6.45, 7) is 2.39. The molecule has 0 aromatic carbocycles. The van der Waals surface area contributed by atoms with E-state index in [4.69, 9.17) is 9.26 Å². The molecule has 0 fully saturated rings. The second-order valence-electron chi connectivity index (χ2n) is 10.3. The van der Waals surface area contributed by atoms with Gasteiger partial charge >= 0.3 is 19.8 Å². The Labute approximate surface area is 246 Å². The lowest BCUT2D eigenvalue weighted by Gasteiger charge is -2.18. The highest BCUT2D eigenvalue weighted by Crippen LogP contribution is 2.43. The van der Waals surface area contributed by atoms with Crippen molar-refractivity contribution in [2.75, 3.05) is 19.8 Å². The van der Waals surface area contributed by atoms with Gasteiger partial charge < -0.3 is 25.2 Å². The zero-order valence-corrected chi connectivity index (χ0v) is 26.0. The molecule has 0 aromatic rings. The molecule has 0 aliphatic rings. The quantitative estimate of drug-likeness (QED) is 0.0368. The zero-order chi connectivity index (χ0) is 30.8. The first-order valence-corrected chi connectivity index (χ1v) is 16.7. The van der Waals surface area contributed by atoms with Crippen molar-refractivity contribution in [3.8, 4) is 0 Å². The van der Waals surface area contributed by atoms with E-state index in [0.29, 0.717) is 12.8 Å². The Kier molecular flexibility index (Phi) is 24.8. The number of aliphatic carboxylic acids is 1. The van der Waals surface area contributed by atoms with Crippen LogP contribution in [0.4, 0.5) is 0 Å². The molecule has 3 atom stereocenters. The van der Waals surface area contributed by atoms with Gasteiger partial charge in [-0.25, -0.2) is 9.36 Å². The van der Waals surface area contributed by atoms with Gasteiger partial charge in [0.15, 0.2) is 6.04 Å². The Balaban J connectivity index is 4.05. The molecule has 0 aliphatic heterocycles. The van der Waals surface area contributed by atoms with Crippen molar-refractivity contribution in [3.05, 3.63) is 12.2 Å². The monoisotopic (exact) mass is 607 g/mol. The van der Waals surface area contributed by atoms with Crippen molar-refractivity contribution in [1.29, 1.82) is 0 Å². The van der Waals surface area contributed by atoms with E-state index in [1.165, 1.54) is 12.8 Å². The summed E-state index contributed by atoms with van der Waals surface area (Å²) in [6, 6.07) is -1.54. The van der Waals surface area contributed by atoms with Crippen LogP contribution in [0.15, 0.2) is 12.2 Å². The number of unbranched alkanes of at least 4 members (excludes halogenated alkanes) is 12. The average Bonchev–Trinajstić information content (AvgIpc) is 2.93. The molecular formula is C29H54NO10P. The summed E-state index contributed by atoms with van der Waals surface area (Å²) in [7, 11) is -4.73. The number of phosphoric ester groups is 1. The van der Waals surface area contributed by atoms with E-state index in [-0.39, 0.29) is 12.8 Å². The molecule has 12 heteroatoms. The molecule has 0 saturated heterocycles. The maximum absolute atomic E-state index is 12.1. The number of allylic oxidation sites excluding steroid dienone is 2. The number of phosphoric acid groups is 1. The Morgan fingerprint density at radius 3 is 1.93 bits per heavy atom. The summed E-state index contributed by atoms with van der Waals surface area (Å²) in [4.78, 5) is 45.1. The van der Waals surface area contributed by atoms with Gasteiger partial charge in [-0.15, -0.1) is 0 Å². The highest BCUT2D eigenvalue weighted by atomic mass is 31.2. The Bertz CT molecular complexity index is 777. The molecule has 0 bridgehead atoms. The second-order valence-corrected chi connectivity index (χ2v) is 11.7. The van der Waals surface area contributed by atoms with E-state index in [1.807, 2.05) is 0 Å². The van der Waals surface area contributed by atoms with Crippen LogP contribution >= 0.6 is 7.82 Å². The minimum absolute atomic E-state index is 0.144. The molecule has 0 rings (SSSR count). The average molecular weight is 608 g/mol. The summed E-state index contributed by atoms with van der Waals surface area (Å²) < 4.78 is 26.4. The first kappa shape index (κ1) is 39.2. The number of hydrogen-bond acceptors (Lipinski definition) is 8. The van der Waals surface area contributed by atoms with Gasteiger partial charge in [0, 0.05) is 12.8 Å². The zero-order valence-electron chi connectivity index (χ0n) is 25.1. The fourth-order valence-electron chi connectivity index (χ4n) is 3.82. The molecule has 4 N–H and O–H groups in total. The number of aliphatic hydroxyl groups excluding tert-OH is 1. The van der Waals surface area contributed by atoms with Crippen molar-refractivity contribution in [3.63, 3.8) is 0 Å². The number of carboxylic acid groups (broad SMARTS) is 1. The molecular weight excluding hydrogens is 553 g/mol. The fourth-order valence-corrected chi connectivity index (χ4v) is 4.59. The number of nitrogens with one attached hydrogen (secondary N) is 1. The third-order valence-electron chi connectivity index (χ3n) is 6.30. The van der Waals surface area contributed by atoms with Gasteiger partial charge in [-0.05, 0) is 32.1 Å². The van der Waals surface area contributed by atoms with Crippen LogP contribution in [-0.4, -0.2) is 64.9 Å². The van der Waals surface area contributed by atoms with E-state index >= 15 is 0 Å². The summed E-state index contributed by atoms with van der Waals surface area (Å²) in [5.41, 5.74) is 0. The van der Waals surface area contributed by atoms with E-state index in [9.17, 15) is 34.1 Å². The lowest BCUT2D eigenvalue weighted by Crippen LogP contribution is -2.43. The fraction of sp³-hybridized carbons (Fsp3) is 0.828. The normalized spacial score (nSPS) is 14.4. The van der Waals surface area contributed by atoms with E-state index in [0.717, 1.165) is 70.6 Å². The summed E-state index contributed by atoms with van der Waals surface area (Å²) in [5.74, 6) is -2.40. The maximum atomic E-state index is 12.1. The third-order valence-corrected chi connectivity index (χ3v) is 7.26. The number of rotatable bonds is 28. The van der Waals surface area contributed by atoms with Crippen LogP contribution in [0.1, 0.15) is 123 Å². The number of esters is 1. The summed E-state index contributed by atoms with van der Waals surface area (Å²) in [5, 5.41) is 21.5. The molecule has 41 heavy (non-hydrogen) atoms. The maximum Gasteiger partial charge on any atom is 0.472 e. The molecule has 0 radical (unpaired) electrons. The lowest BCUT2D eigenvalue weighted by molar-refractivity contribution is -0.147. The van der Waals surface area contributed by atoms with Crippen LogP contribution in [0.25, 0.3) is 0 Å². The number of amides is 1. The van der Waals surface area contributed by atoms with Crippen molar-refractivity contribution < 1.29 is 47.8 Å². The highest BCUT2D eigenvalue weighted by Gasteiger charge is 2.28. The molecule has 11 nitrogen and oxygen atoms in total.